The minimum atomic E-state index is -0.147. The maximum Gasteiger partial charge on any atom is 0.0709 e. The lowest BCUT2D eigenvalue weighted by Gasteiger charge is -2.23. The van der Waals surface area contributed by atoms with Crippen LogP contribution in [0.2, 0.25) is 0 Å². The first-order valence-electron chi connectivity index (χ1n) is 21.0. The first-order chi connectivity index (χ1) is 29.2. The predicted octanol–water partition coefficient (Wildman–Crippen LogP) is 15.1. The Morgan fingerprint density at radius 1 is 0.250 bits per heavy atom. The van der Waals surface area contributed by atoms with Crippen molar-refractivity contribution < 1.29 is 0 Å². The molecule has 0 amide bonds. The molecule has 0 saturated carbocycles. The zero-order chi connectivity index (χ0) is 40.6. The van der Waals surface area contributed by atoms with E-state index in [0.29, 0.717) is 0 Å². The molecule has 2 aliphatic carbocycles. The molecule has 7 aromatic carbocycles. The van der Waals surface area contributed by atoms with Gasteiger partial charge in [-0.2, -0.15) is 0 Å². The highest BCUT2D eigenvalue weighted by Gasteiger charge is 2.37. The van der Waals surface area contributed by atoms with E-state index in [1.165, 1.54) is 66.8 Å². The van der Waals surface area contributed by atoms with Gasteiger partial charge in [0, 0.05) is 33.1 Å². The Bertz CT molecular complexity index is 2910. The predicted molar refractivity (Wildman–Crippen MR) is 250 cm³/mol. The third-order valence-electron chi connectivity index (χ3n) is 13.1. The Morgan fingerprint density at radius 3 is 0.883 bits per heavy atom. The van der Waals surface area contributed by atoms with Crippen LogP contribution in [0.5, 0.6) is 0 Å². The van der Waals surface area contributed by atoms with E-state index in [-0.39, 0.29) is 10.8 Å². The van der Waals surface area contributed by atoms with Crippen LogP contribution in [0.15, 0.2) is 194 Å². The van der Waals surface area contributed by atoms with Crippen molar-refractivity contribution in [1.82, 2.24) is 9.97 Å². The van der Waals surface area contributed by atoms with Gasteiger partial charge in [0.2, 0.25) is 0 Å². The van der Waals surface area contributed by atoms with Gasteiger partial charge < -0.3 is 0 Å². The largest absolute Gasteiger partial charge is 0.248 e. The molecule has 0 fully saturated rings. The molecule has 0 N–H and O–H groups in total. The molecule has 0 spiro atoms. The van der Waals surface area contributed by atoms with Crippen molar-refractivity contribution in [2.45, 2.75) is 38.5 Å². The number of rotatable bonds is 6. The quantitative estimate of drug-likeness (QED) is 0.168. The first-order valence-corrected chi connectivity index (χ1v) is 21.0. The molecule has 0 atom stereocenters. The Morgan fingerprint density at radius 2 is 0.533 bits per heavy atom. The Labute approximate surface area is 353 Å². The van der Waals surface area contributed by atoms with E-state index in [0.717, 1.165) is 45.0 Å². The third kappa shape index (κ3) is 5.86. The Balaban J connectivity index is 0.856. The second-order valence-electron chi connectivity index (χ2n) is 17.4. The molecule has 0 aliphatic heterocycles. The van der Waals surface area contributed by atoms with Crippen molar-refractivity contribution in [3.8, 4) is 89.5 Å². The van der Waals surface area contributed by atoms with Crippen molar-refractivity contribution in [1.29, 1.82) is 0 Å². The molecular formula is C58H44N2. The van der Waals surface area contributed by atoms with Crippen LogP contribution in [0, 0.1) is 0 Å². The highest BCUT2D eigenvalue weighted by atomic mass is 14.7. The molecule has 2 aliphatic rings. The summed E-state index contributed by atoms with van der Waals surface area (Å²) in [7, 11) is 0. The van der Waals surface area contributed by atoms with Crippen molar-refractivity contribution in [2.24, 2.45) is 0 Å². The number of aromatic nitrogens is 2. The van der Waals surface area contributed by atoms with E-state index >= 15 is 0 Å². The molecule has 2 aromatic heterocycles. The molecule has 9 aromatic rings. The summed E-state index contributed by atoms with van der Waals surface area (Å²) >= 11 is 0. The molecule has 60 heavy (non-hydrogen) atoms. The maximum absolute atomic E-state index is 5.07. The number of benzene rings is 7. The summed E-state index contributed by atoms with van der Waals surface area (Å²) in [5.74, 6) is 0. The summed E-state index contributed by atoms with van der Waals surface area (Å²) < 4.78 is 0. The first kappa shape index (κ1) is 36.0. The molecule has 2 heterocycles. The fourth-order valence-corrected chi connectivity index (χ4v) is 9.74. The highest BCUT2D eigenvalue weighted by molar-refractivity contribution is 5.88. The average Bonchev–Trinajstić information content (AvgIpc) is 3.67. The van der Waals surface area contributed by atoms with E-state index in [1.54, 1.807) is 0 Å². The van der Waals surface area contributed by atoms with E-state index in [1.807, 2.05) is 12.1 Å². The average molecular weight is 769 g/mol. The van der Waals surface area contributed by atoms with Crippen LogP contribution < -0.4 is 0 Å². The number of hydrogen-bond acceptors (Lipinski definition) is 2. The Kier molecular flexibility index (Phi) is 8.22. The van der Waals surface area contributed by atoms with Gasteiger partial charge in [-0.1, -0.05) is 173 Å². The van der Waals surface area contributed by atoms with Gasteiger partial charge in [0.1, 0.15) is 0 Å². The number of pyridine rings is 2. The summed E-state index contributed by atoms with van der Waals surface area (Å²) in [5, 5.41) is 0. The number of hydrogen-bond donors (Lipinski definition) is 0. The van der Waals surface area contributed by atoms with Crippen molar-refractivity contribution >= 4 is 0 Å². The SMILES string of the molecule is CC1(C)c2cc(-c3ccc(-c4ccc5c(c4)C(C)(C)c4cc(-c6cccc(-c7ccccc7)n6)ccc4-5)cc3)ccc2-c2ccc(-c3cccc(-c4ccccc4)n3)cc21. The van der Waals surface area contributed by atoms with E-state index in [2.05, 4.69) is 210 Å². The molecule has 0 radical (unpaired) electrons. The summed E-state index contributed by atoms with van der Waals surface area (Å²) in [6.45, 7) is 9.43. The lowest BCUT2D eigenvalue weighted by Crippen LogP contribution is -2.15. The smallest absolute Gasteiger partial charge is 0.0709 e. The van der Waals surface area contributed by atoms with Crippen molar-refractivity contribution in [2.75, 3.05) is 0 Å². The van der Waals surface area contributed by atoms with E-state index in [4.69, 9.17) is 9.97 Å². The minimum Gasteiger partial charge on any atom is -0.248 e. The second kappa shape index (κ2) is 13.7. The minimum absolute atomic E-state index is 0.147. The van der Waals surface area contributed by atoms with Crippen LogP contribution >= 0.6 is 0 Å². The van der Waals surface area contributed by atoms with Gasteiger partial charge in [0.25, 0.3) is 0 Å². The van der Waals surface area contributed by atoms with Crippen LogP contribution in [0.1, 0.15) is 49.9 Å². The molecule has 11 rings (SSSR count). The van der Waals surface area contributed by atoms with Crippen LogP contribution in [-0.2, 0) is 10.8 Å². The van der Waals surface area contributed by atoms with Crippen LogP contribution in [-0.4, -0.2) is 9.97 Å². The van der Waals surface area contributed by atoms with Gasteiger partial charge in [-0.15, -0.1) is 0 Å². The van der Waals surface area contributed by atoms with Gasteiger partial charge in [-0.25, -0.2) is 9.97 Å². The fraction of sp³-hybridized carbons (Fsp3) is 0.103. The van der Waals surface area contributed by atoms with Gasteiger partial charge in [0.05, 0.1) is 22.8 Å². The summed E-state index contributed by atoms with van der Waals surface area (Å²) in [5.41, 5.74) is 23.9. The normalized spacial score (nSPS) is 13.9. The van der Waals surface area contributed by atoms with E-state index in [9.17, 15) is 0 Å². The third-order valence-corrected chi connectivity index (χ3v) is 13.1. The molecule has 2 nitrogen and oxygen atoms in total. The standard InChI is InChI=1S/C58H44N2/c1-57(2)49-33-41(25-29-45(49)47-31-27-43(35-51(47)57)55-19-11-17-53(59-55)39-13-7-5-8-14-39)37-21-23-38(24-22-37)42-26-30-46-48-32-28-44(36-52(48)58(3,4)50(46)34-42)56-20-12-18-54(60-56)40-15-9-6-10-16-40/h5-36H,1-4H3. The summed E-state index contributed by atoms with van der Waals surface area (Å²) in [6.07, 6.45) is 0. The molecule has 0 bridgehead atoms. The van der Waals surface area contributed by atoms with Crippen LogP contribution in [0.3, 0.4) is 0 Å². The topological polar surface area (TPSA) is 25.8 Å². The highest BCUT2D eigenvalue weighted by Crippen LogP contribution is 2.52. The Hall–Kier alpha value is -7.16. The van der Waals surface area contributed by atoms with Crippen molar-refractivity contribution in [3.63, 3.8) is 0 Å². The van der Waals surface area contributed by atoms with Crippen LogP contribution in [0.25, 0.3) is 89.5 Å². The van der Waals surface area contributed by atoms with Gasteiger partial charge >= 0.3 is 0 Å². The second-order valence-corrected chi connectivity index (χ2v) is 17.4. The summed E-state index contributed by atoms with van der Waals surface area (Å²) in [4.78, 5) is 10.1. The monoisotopic (exact) mass is 768 g/mol. The van der Waals surface area contributed by atoms with Gasteiger partial charge in [0.15, 0.2) is 0 Å². The lowest BCUT2D eigenvalue weighted by atomic mass is 9.80. The van der Waals surface area contributed by atoms with Gasteiger partial charge in [-0.05, 0) is 115 Å². The zero-order valence-electron chi connectivity index (χ0n) is 34.4. The zero-order valence-corrected chi connectivity index (χ0v) is 34.4. The molecular weight excluding hydrogens is 725 g/mol. The molecule has 286 valence electrons. The maximum atomic E-state index is 5.07. The summed E-state index contributed by atoms with van der Waals surface area (Å²) in [6, 6.07) is 70.4. The number of nitrogens with zero attached hydrogens (tertiary/aromatic N) is 2. The molecule has 2 heteroatoms. The van der Waals surface area contributed by atoms with E-state index < -0.39 is 0 Å². The van der Waals surface area contributed by atoms with Crippen LogP contribution in [0.4, 0.5) is 0 Å². The molecule has 0 unspecified atom stereocenters. The number of fused-ring (bicyclic) bond motifs is 6. The molecule has 0 saturated heterocycles. The van der Waals surface area contributed by atoms with Gasteiger partial charge in [-0.3, -0.25) is 0 Å². The van der Waals surface area contributed by atoms with Crippen molar-refractivity contribution in [3.05, 3.63) is 216 Å². The lowest BCUT2D eigenvalue weighted by molar-refractivity contribution is 0.660. The fourth-order valence-electron chi connectivity index (χ4n) is 9.74.